The van der Waals surface area contributed by atoms with E-state index in [1.165, 1.54) is 32.1 Å². The Morgan fingerprint density at radius 1 is 1.30 bits per heavy atom. The molecule has 2 unspecified atom stereocenters. The fourth-order valence-electron chi connectivity index (χ4n) is 3.92. The van der Waals surface area contributed by atoms with Crippen LogP contribution in [0, 0.1) is 5.92 Å². The maximum Gasteiger partial charge on any atom is 0.0686 e. The third-order valence-corrected chi connectivity index (χ3v) is 4.95. The highest BCUT2D eigenvalue weighted by Crippen LogP contribution is 2.43. The van der Waals surface area contributed by atoms with Crippen molar-refractivity contribution in [3.63, 3.8) is 0 Å². The molecule has 3 N–H and O–H groups in total. The first kappa shape index (κ1) is 14.0. The fraction of sp³-hybridized carbons (Fsp3) is 0.688. The van der Waals surface area contributed by atoms with Crippen molar-refractivity contribution in [3.8, 4) is 0 Å². The molecule has 1 aliphatic carbocycles. The minimum atomic E-state index is 0.116. The van der Waals surface area contributed by atoms with Gasteiger partial charge in [-0.25, -0.2) is 0 Å². The molecule has 4 nitrogen and oxygen atoms in total. The minimum Gasteiger partial charge on any atom is -0.375 e. The normalized spacial score (nSPS) is 27.4. The number of hydrogen-bond acceptors (Lipinski definition) is 4. The SMILES string of the molecule is NNC(c1ccccn1)C1CCOC2(CCCCC2)C1. The maximum atomic E-state index is 6.18. The summed E-state index contributed by atoms with van der Waals surface area (Å²) in [5, 5.41) is 0. The molecule has 2 atom stereocenters. The monoisotopic (exact) mass is 275 g/mol. The summed E-state index contributed by atoms with van der Waals surface area (Å²) < 4.78 is 6.18. The molecule has 1 saturated carbocycles. The first-order chi connectivity index (χ1) is 9.83. The maximum absolute atomic E-state index is 6.18. The van der Waals surface area contributed by atoms with Crippen LogP contribution in [0.2, 0.25) is 0 Å². The van der Waals surface area contributed by atoms with Gasteiger partial charge in [-0.3, -0.25) is 16.3 Å². The molecule has 2 heterocycles. The van der Waals surface area contributed by atoms with Crippen LogP contribution in [0.15, 0.2) is 24.4 Å². The van der Waals surface area contributed by atoms with Crippen LogP contribution in [-0.2, 0) is 4.74 Å². The summed E-state index contributed by atoms with van der Waals surface area (Å²) >= 11 is 0. The van der Waals surface area contributed by atoms with Gasteiger partial charge in [-0.2, -0.15) is 0 Å². The molecule has 0 bridgehead atoms. The number of hydrazine groups is 1. The molecule has 110 valence electrons. The quantitative estimate of drug-likeness (QED) is 0.658. The number of nitrogens with zero attached hydrogens (tertiary/aromatic N) is 1. The van der Waals surface area contributed by atoms with Gasteiger partial charge < -0.3 is 4.74 Å². The molecular formula is C16H25N3O. The van der Waals surface area contributed by atoms with E-state index in [0.717, 1.165) is 25.1 Å². The summed E-state index contributed by atoms with van der Waals surface area (Å²) in [6.45, 7) is 0.857. The highest BCUT2D eigenvalue weighted by molar-refractivity contribution is 5.11. The van der Waals surface area contributed by atoms with E-state index >= 15 is 0 Å². The molecule has 0 radical (unpaired) electrons. The second kappa shape index (κ2) is 6.20. The summed E-state index contributed by atoms with van der Waals surface area (Å²) in [7, 11) is 0. The second-order valence-electron chi connectivity index (χ2n) is 6.24. The van der Waals surface area contributed by atoms with E-state index in [2.05, 4.69) is 16.5 Å². The standard InChI is InChI=1S/C16H25N3O/c17-19-15(14-6-2-5-10-18-14)13-7-11-20-16(12-13)8-3-1-4-9-16/h2,5-6,10,13,15,19H,1,3-4,7-9,11-12,17H2. The van der Waals surface area contributed by atoms with Crippen molar-refractivity contribution in [2.24, 2.45) is 11.8 Å². The van der Waals surface area contributed by atoms with Gasteiger partial charge in [0.05, 0.1) is 17.3 Å². The summed E-state index contributed by atoms with van der Waals surface area (Å²) in [5.41, 5.74) is 4.16. The van der Waals surface area contributed by atoms with Crippen molar-refractivity contribution < 1.29 is 4.74 Å². The summed E-state index contributed by atoms with van der Waals surface area (Å²) in [6.07, 6.45) is 10.4. The number of rotatable bonds is 3. The van der Waals surface area contributed by atoms with Gasteiger partial charge in [-0.15, -0.1) is 0 Å². The highest BCUT2D eigenvalue weighted by Gasteiger charge is 2.41. The van der Waals surface area contributed by atoms with Crippen LogP contribution in [0.4, 0.5) is 0 Å². The average molecular weight is 275 g/mol. The molecule has 0 amide bonds. The lowest BCUT2D eigenvalue weighted by atomic mass is 9.73. The molecule has 1 spiro atoms. The topological polar surface area (TPSA) is 60.2 Å². The van der Waals surface area contributed by atoms with Gasteiger partial charge in [-0.1, -0.05) is 25.3 Å². The van der Waals surface area contributed by atoms with E-state index in [0.29, 0.717) is 5.92 Å². The zero-order valence-electron chi connectivity index (χ0n) is 12.1. The van der Waals surface area contributed by atoms with Crippen molar-refractivity contribution in [2.75, 3.05) is 6.61 Å². The number of hydrogen-bond donors (Lipinski definition) is 2. The molecule has 1 aromatic heterocycles. The average Bonchev–Trinajstić information content (AvgIpc) is 2.50. The van der Waals surface area contributed by atoms with Gasteiger partial charge in [0.25, 0.3) is 0 Å². The molecular weight excluding hydrogens is 250 g/mol. The van der Waals surface area contributed by atoms with Crippen LogP contribution in [0.5, 0.6) is 0 Å². The molecule has 1 aliphatic heterocycles. The first-order valence-corrected chi connectivity index (χ1v) is 7.84. The van der Waals surface area contributed by atoms with Gasteiger partial charge in [0.1, 0.15) is 0 Å². The van der Waals surface area contributed by atoms with E-state index < -0.39 is 0 Å². The molecule has 0 aromatic carbocycles. The van der Waals surface area contributed by atoms with Gasteiger partial charge in [0.15, 0.2) is 0 Å². The predicted octanol–water partition coefficient (Wildman–Crippen LogP) is 2.72. The van der Waals surface area contributed by atoms with E-state index in [4.69, 9.17) is 10.6 Å². The lowest BCUT2D eigenvalue weighted by molar-refractivity contribution is -0.122. The van der Waals surface area contributed by atoms with Crippen molar-refractivity contribution in [1.82, 2.24) is 10.4 Å². The third-order valence-electron chi connectivity index (χ3n) is 4.95. The van der Waals surface area contributed by atoms with Gasteiger partial charge in [-0.05, 0) is 43.7 Å². The van der Waals surface area contributed by atoms with Crippen LogP contribution >= 0.6 is 0 Å². The largest absolute Gasteiger partial charge is 0.375 e. The number of pyridine rings is 1. The summed E-state index contributed by atoms with van der Waals surface area (Å²) in [5.74, 6) is 6.34. The van der Waals surface area contributed by atoms with Gasteiger partial charge in [0, 0.05) is 12.8 Å². The van der Waals surface area contributed by atoms with Crippen LogP contribution in [0.1, 0.15) is 56.7 Å². The number of nitrogens with two attached hydrogens (primary N) is 1. The molecule has 1 aromatic rings. The Bertz CT molecular complexity index is 411. The number of aromatic nitrogens is 1. The number of nitrogens with one attached hydrogen (secondary N) is 1. The first-order valence-electron chi connectivity index (χ1n) is 7.84. The highest BCUT2D eigenvalue weighted by atomic mass is 16.5. The van der Waals surface area contributed by atoms with Crippen LogP contribution in [-0.4, -0.2) is 17.2 Å². The molecule has 4 heteroatoms. The van der Waals surface area contributed by atoms with Crippen LogP contribution in [0.3, 0.4) is 0 Å². The van der Waals surface area contributed by atoms with E-state index in [9.17, 15) is 0 Å². The van der Waals surface area contributed by atoms with Crippen LogP contribution in [0.25, 0.3) is 0 Å². The molecule has 2 fully saturated rings. The van der Waals surface area contributed by atoms with Gasteiger partial charge >= 0.3 is 0 Å². The Labute approximate surface area is 121 Å². The minimum absolute atomic E-state index is 0.116. The smallest absolute Gasteiger partial charge is 0.0686 e. The van der Waals surface area contributed by atoms with E-state index in [-0.39, 0.29) is 11.6 Å². The third kappa shape index (κ3) is 2.87. The van der Waals surface area contributed by atoms with Crippen LogP contribution < -0.4 is 11.3 Å². The Morgan fingerprint density at radius 2 is 2.15 bits per heavy atom. The summed E-state index contributed by atoms with van der Waals surface area (Å²) in [4.78, 5) is 4.48. The van der Waals surface area contributed by atoms with Crippen molar-refractivity contribution in [1.29, 1.82) is 0 Å². The summed E-state index contributed by atoms with van der Waals surface area (Å²) in [6, 6.07) is 6.18. The molecule has 3 rings (SSSR count). The molecule has 2 aliphatic rings. The van der Waals surface area contributed by atoms with E-state index in [1.54, 1.807) is 0 Å². The Kier molecular flexibility index (Phi) is 4.34. The number of ether oxygens (including phenoxy) is 1. The lowest BCUT2D eigenvalue weighted by Gasteiger charge is -2.45. The van der Waals surface area contributed by atoms with E-state index in [1.807, 2.05) is 18.3 Å². The molecule has 1 saturated heterocycles. The Balaban J connectivity index is 1.75. The molecule has 20 heavy (non-hydrogen) atoms. The second-order valence-corrected chi connectivity index (χ2v) is 6.24. The Hall–Kier alpha value is -0.970. The van der Waals surface area contributed by atoms with Gasteiger partial charge in [0.2, 0.25) is 0 Å². The lowest BCUT2D eigenvalue weighted by Crippen LogP contribution is -2.46. The Morgan fingerprint density at radius 3 is 2.85 bits per heavy atom. The zero-order chi connectivity index (χ0) is 13.8. The fourth-order valence-corrected chi connectivity index (χ4v) is 3.92. The van der Waals surface area contributed by atoms with Crippen molar-refractivity contribution in [3.05, 3.63) is 30.1 Å². The predicted molar refractivity (Wildman–Crippen MR) is 78.8 cm³/mol. The van der Waals surface area contributed by atoms with Crippen molar-refractivity contribution in [2.45, 2.75) is 56.6 Å². The zero-order valence-corrected chi connectivity index (χ0v) is 12.1. The van der Waals surface area contributed by atoms with Crippen molar-refractivity contribution >= 4 is 0 Å².